The van der Waals surface area contributed by atoms with E-state index < -0.39 is 7.12 Å². The largest absolute Gasteiger partial charge is 0.535 e. The minimum atomic E-state index is -1.04. The first-order valence-corrected chi connectivity index (χ1v) is 11.3. The van der Waals surface area contributed by atoms with Crippen LogP contribution in [0.4, 0.5) is 0 Å². The summed E-state index contributed by atoms with van der Waals surface area (Å²) in [5.74, 6) is 0.803. The lowest BCUT2D eigenvalue weighted by atomic mass is 9.64. The molecule has 0 radical (unpaired) electrons. The molecule has 3 aliphatic rings. The minimum Gasteiger partial charge on any atom is -0.535 e. The molecule has 1 saturated carbocycles. The Morgan fingerprint density at radius 2 is 1.87 bits per heavy atom. The third-order valence-corrected chi connectivity index (χ3v) is 6.98. The van der Waals surface area contributed by atoms with Crippen molar-refractivity contribution in [3.63, 3.8) is 0 Å². The van der Waals surface area contributed by atoms with Gasteiger partial charge in [0.2, 0.25) is 0 Å². The van der Waals surface area contributed by atoms with Gasteiger partial charge in [-0.1, -0.05) is 12.1 Å². The quantitative estimate of drug-likeness (QED) is 0.571. The van der Waals surface area contributed by atoms with Crippen LogP contribution in [0.3, 0.4) is 0 Å². The zero-order valence-corrected chi connectivity index (χ0v) is 17.8. The van der Waals surface area contributed by atoms with E-state index in [0.29, 0.717) is 42.5 Å². The van der Waals surface area contributed by atoms with Gasteiger partial charge in [-0.05, 0) is 56.6 Å². The second-order valence-corrected chi connectivity index (χ2v) is 9.09. The van der Waals surface area contributed by atoms with E-state index in [1.165, 1.54) is 6.92 Å². The van der Waals surface area contributed by atoms with Gasteiger partial charge in [0, 0.05) is 37.8 Å². The third-order valence-electron chi connectivity index (χ3n) is 6.98. The van der Waals surface area contributed by atoms with Crippen molar-refractivity contribution in [3.8, 4) is 5.75 Å². The average molecular weight is 413 g/mol. The summed E-state index contributed by atoms with van der Waals surface area (Å²) in [5, 5.41) is 10.5. The van der Waals surface area contributed by atoms with Gasteiger partial charge < -0.3 is 14.4 Å². The molecule has 7 heteroatoms. The van der Waals surface area contributed by atoms with Crippen LogP contribution in [0.25, 0.3) is 0 Å². The molecule has 2 fully saturated rings. The molecule has 6 nitrogen and oxygen atoms in total. The molecule has 1 aromatic carbocycles. The number of hydrogen-bond donors (Lipinski definition) is 1. The predicted molar refractivity (Wildman–Crippen MR) is 115 cm³/mol. The predicted octanol–water partition coefficient (Wildman–Crippen LogP) is 2.92. The maximum absolute atomic E-state index is 12.7. The summed E-state index contributed by atoms with van der Waals surface area (Å²) in [6, 6.07) is 6.10. The number of hydrogen-bond acceptors (Lipinski definition) is 6. The van der Waals surface area contributed by atoms with Gasteiger partial charge in [0.15, 0.2) is 5.78 Å². The van der Waals surface area contributed by atoms with Crippen molar-refractivity contribution in [3.05, 3.63) is 29.3 Å². The lowest BCUT2D eigenvalue weighted by Gasteiger charge is -2.38. The van der Waals surface area contributed by atoms with Crippen molar-refractivity contribution in [1.29, 1.82) is 0 Å². The molecule has 30 heavy (non-hydrogen) atoms. The number of carbonyl (C=O) groups is 2. The number of Topliss-reactive ketones (excluding diaryl/α,β-unsaturated/α-hetero) is 2. The number of nitrogens with zero attached hydrogens (tertiary/aromatic N) is 1. The summed E-state index contributed by atoms with van der Waals surface area (Å²) in [6.07, 6.45) is 6.01. The van der Waals surface area contributed by atoms with Gasteiger partial charge in [-0.2, -0.15) is 0 Å². The van der Waals surface area contributed by atoms with E-state index in [0.717, 1.165) is 57.6 Å². The first-order chi connectivity index (χ1) is 14.5. The Morgan fingerprint density at radius 3 is 2.57 bits per heavy atom. The van der Waals surface area contributed by atoms with Gasteiger partial charge in [0.05, 0.1) is 18.8 Å². The van der Waals surface area contributed by atoms with Gasteiger partial charge in [-0.15, -0.1) is 0 Å². The standard InChI is InChI=1S/C23H32BNO5/c1-16(26)22-4-2-3-18-14-19(24(28)30-23(18)22)15-21(27)13-17-5-7-20(8-6-17)25-9-11-29-12-10-25/h2-4,17,19-20,28H,5-15H2,1H3/t17?,19-,20?/m1/s1. The number of ether oxygens (including phenoxy) is 1. The fraction of sp³-hybridized carbons (Fsp3) is 0.652. The van der Waals surface area contributed by atoms with E-state index >= 15 is 0 Å². The number of para-hydroxylation sites is 1. The number of morpholine rings is 1. The fourth-order valence-corrected chi connectivity index (χ4v) is 5.29. The first kappa shape index (κ1) is 21.5. The van der Waals surface area contributed by atoms with E-state index in [-0.39, 0.29) is 17.4 Å². The zero-order chi connectivity index (χ0) is 21.1. The highest BCUT2D eigenvalue weighted by atomic mass is 16.5. The van der Waals surface area contributed by atoms with Crippen LogP contribution in [0.15, 0.2) is 18.2 Å². The van der Waals surface area contributed by atoms with Crippen LogP contribution in [0.2, 0.25) is 5.82 Å². The molecule has 2 aliphatic heterocycles. The lowest BCUT2D eigenvalue weighted by molar-refractivity contribution is -0.120. The van der Waals surface area contributed by atoms with E-state index in [1.807, 2.05) is 12.1 Å². The van der Waals surface area contributed by atoms with E-state index in [9.17, 15) is 14.6 Å². The molecule has 0 amide bonds. The Labute approximate surface area is 179 Å². The average Bonchev–Trinajstić information content (AvgIpc) is 2.75. The Bertz CT molecular complexity index is 771. The van der Waals surface area contributed by atoms with Crippen LogP contribution in [-0.4, -0.2) is 61.0 Å². The summed E-state index contributed by atoms with van der Waals surface area (Å²) < 4.78 is 11.1. The van der Waals surface area contributed by atoms with E-state index in [4.69, 9.17) is 9.39 Å². The number of carbonyl (C=O) groups excluding carboxylic acids is 2. The third kappa shape index (κ3) is 4.95. The number of ketones is 2. The summed E-state index contributed by atoms with van der Waals surface area (Å²) in [5.41, 5.74) is 1.39. The highest BCUT2D eigenvalue weighted by Crippen LogP contribution is 2.37. The fourth-order valence-electron chi connectivity index (χ4n) is 5.29. The summed E-state index contributed by atoms with van der Waals surface area (Å²) >= 11 is 0. The zero-order valence-electron chi connectivity index (χ0n) is 17.8. The van der Waals surface area contributed by atoms with Gasteiger partial charge in [-0.25, -0.2) is 0 Å². The molecule has 0 unspecified atom stereocenters. The summed E-state index contributed by atoms with van der Waals surface area (Å²) in [6.45, 7) is 5.22. The second-order valence-electron chi connectivity index (χ2n) is 9.09. The van der Waals surface area contributed by atoms with Gasteiger partial charge in [-0.3, -0.25) is 14.5 Å². The smallest absolute Gasteiger partial charge is 0.526 e. The number of benzene rings is 1. The highest BCUT2D eigenvalue weighted by molar-refractivity contribution is 6.47. The molecule has 1 aliphatic carbocycles. The summed E-state index contributed by atoms with van der Waals surface area (Å²) in [4.78, 5) is 27.1. The molecule has 1 atom stereocenters. The summed E-state index contributed by atoms with van der Waals surface area (Å²) in [7, 11) is -1.04. The lowest BCUT2D eigenvalue weighted by Crippen LogP contribution is -2.45. The normalized spacial score (nSPS) is 27.3. The van der Waals surface area contributed by atoms with Gasteiger partial charge >= 0.3 is 7.12 Å². The maximum atomic E-state index is 12.7. The minimum absolute atomic E-state index is 0.0822. The Hall–Kier alpha value is -1.70. The molecule has 2 heterocycles. The van der Waals surface area contributed by atoms with Crippen molar-refractivity contribution in [1.82, 2.24) is 4.90 Å². The Morgan fingerprint density at radius 1 is 1.13 bits per heavy atom. The monoisotopic (exact) mass is 413 g/mol. The van der Waals surface area contributed by atoms with Crippen LogP contribution in [0.1, 0.15) is 61.4 Å². The van der Waals surface area contributed by atoms with Crippen molar-refractivity contribution < 1.29 is 24.0 Å². The van der Waals surface area contributed by atoms with Crippen LogP contribution in [-0.2, 0) is 16.0 Å². The van der Waals surface area contributed by atoms with Gasteiger partial charge in [0.1, 0.15) is 11.5 Å². The molecule has 0 spiro atoms. The molecule has 0 aromatic heterocycles. The van der Waals surface area contributed by atoms with E-state index in [2.05, 4.69) is 4.90 Å². The molecule has 1 N–H and O–H groups in total. The SMILES string of the molecule is CC(=O)c1cccc2c1OB(O)[C@@H](CC(=O)CC1CCC(N3CCOCC3)CC1)C2. The Kier molecular flexibility index (Phi) is 6.91. The van der Waals surface area contributed by atoms with Crippen molar-refractivity contribution in [2.45, 2.75) is 63.7 Å². The van der Waals surface area contributed by atoms with Crippen LogP contribution >= 0.6 is 0 Å². The van der Waals surface area contributed by atoms with Crippen LogP contribution in [0, 0.1) is 5.92 Å². The van der Waals surface area contributed by atoms with Crippen LogP contribution in [0.5, 0.6) is 5.75 Å². The Balaban J connectivity index is 1.27. The number of fused-ring (bicyclic) bond motifs is 1. The highest BCUT2D eigenvalue weighted by Gasteiger charge is 2.38. The first-order valence-electron chi connectivity index (χ1n) is 11.3. The van der Waals surface area contributed by atoms with E-state index in [1.54, 1.807) is 6.07 Å². The molecule has 1 aromatic rings. The molecular weight excluding hydrogens is 381 g/mol. The molecule has 162 valence electrons. The topological polar surface area (TPSA) is 76.1 Å². The maximum Gasteiger partial charge on any atom is 0.526 e. The number of rotatable bonds is 6. The molecule has 4 rings (SSSR count). The molecule has 0 bridgehead atoms. The van der Waals surface area contributed by atoms with Crippen LogP contribution < -0.4 is 4.65 Å². The molecular formula is C23H32BNO5. The van der Waals surface area contributed by atoms with Crippen molar-refractivity contribution >= 4 is 18.7 Å². The van der Waals surface area contributed by atoms with Crippen molar-refractivity contribution in [2.75, 3.05) is 26.3 Å². The van der Waals surface area contributed by atoms with Gasteiger partial charge in [0.25, 0.3) is 0 Å². The van der Waals surface area contributed by atoms with Crippen molar-refractivity contribution in [2.24, 2.45) is 5.92 Å². The second kappa shape index (κ2) is 9.63. The molecule has 1 saturated heterocycles.